The van der Waals surface area contributed by atoms with Crippen molar-refractivity contribution in [3.8, 4) is 5.75 Å². The molecule has 1 fully saturated rings. The first-order valence-corrected chi connectivity index (χ1v) is 11.0. The minimum atomic E-state index is -1.33. The molecule has 1 aromatic rings. The molecule has 1 heterocycles. The molecule has 36 heavy (non-hydrogen) atoms. The maximum atomic E-state index is 11.9. The van der Waals surface area contributed by atoms with Crippen molar-refractivity contribution in [2.75, 3.05) is 6.61 Å². The zero-order chi connectivity index (χ0) is 26.8. The molecule has 0 amide bonds. The Morgan fingerprint density at radius 3 is 2.03 bits per heavy atom. The molecule has 0 unspecified atom stereocenters. The van der Waals surface area contributed by atoms with Gasteiger partial charge in [-0.25, -0.2) is 0 Å². The standard InChI is InChI=1S/C22H27N3O10S/c1-11(26)30-10-17-18(31-12(2)27)19(32-13(3)28)20(33-14(4)29)21(35-17)34-16-7-5-15(6-8-16)9-24-25-22(23)36/h5-9,17-21H,10H2,1-4H3,(H3,23,25,36)/b24-9-/t17-,18+,19+,20-,21-/m1/s1. The summed E-state index contributed by atoms with van der Waals surface area (Å²) in [4.78, 5) is 46.9. The van der Waals surface area contributed by atoms with Gasteiger partial charge in [-0.15, -0.1) is 0 Å². The van der Waals surface area contributed by atoms with E-state index < -0.39 is 54.6 Å². The number of ether oxygens (including phenoxy) is 6. The number of hydrazone groups is 1. The quantitative estimate of drug-likeness (QED) is 0.148. The second-order valence-corrected chi connectivity index (χ2v) is 7.93. The van der Waals surface area contributed by atoms with Crippen LogP contribution in [0.4, 0.5) is 0 Å². The summed E-state index contributed by atoms with van der Waals surface area (Å²) < 4.78 is 32.9. The van der Waals surface area contributed by atoms with Crippen molar-refractivity contribution >= 4 is 47.4 Å². The molecule has 0 bridgehead atoms. The summed E-state index contributed by atoms with van der Waals surface area (Å²) in [5, 5.41) is 3.86. The number of rotatable bonds is 9. The summed E-state index contributed by atoms with van der Waals surface area (Å²) in [6, 6.07) is 6.48. The zero-order valence-corrected chi connectivity index (χ0v) is 20.8. The second kappa shape index (κ2) is 13.3. The Kier molecular flexibility index (Phi) is 10.5. The number of hydrogen-bond donors (Lipinski definition) is 2. The van der Waals surface area contributed by atoms with Crippen molar-refractivity contribution in [3.63, 3.8) is 0 Å². The minimum absolute atomic E-state index is 0.00913. The Hall–Kier alpha value is -3.78. The fourth-order valence-corrected chi connectivity index (χ4v) is 3.27. The van der Waals surface area contributed by atoms with Crippen molar-refractivity contribution in [1.29, 1.82) is 0 Å². The van der Waals surface area contributed by atoms with Crippen LogP contribution in [0.25, 0.3) is 0 Å². The van der Waals surface area contributed by atoms with Crippen LogP contribution in [0.2, 0.25) is 0 Å². The van der Waals surface area contributed by atoms with Crippen LogP contribution in [0, 0.1) is 0 Å². The van der Waals surface area contributed by atoms with Gasteiger partial charge in [-0.2, -0.15) is 5.10 Å². The number of esters is 4. The van der Waals surface area contributed by atoms with Crippen molar-refractivity contribution in [3.05, 3.63) is 29.8 Å². The number of carbonyl (C=O) groups is 4. The van der Waals surface area contributed by atoms with Crippen molar-refractivity contribution in [2.24, 2.45) is 10.8 Å². The van der Waals surface area contributed by atoms with Gasteiger partial charge in [0.15, 0.2) is 17.3 Å². The van der Waals surface area contributed by atoms with Gasteiger partial charge in [0, 0.05) is 27.7 Å². The lowest BCUT2D eigenvalue weighted by Gasteiger charge is -2.43. The van der Waals surface area contributed by atoms with Gasteiger partial charge in [-0.1, -0.05) is 0 Å². The fourth-order valence-electron chi connectivity index (χ4n) is 3.22. The summed E-state index contributed by atoms with van der Waals surface area (Å²) in [6.07, 6.45) is -4.91. The average Bonchev–Trinajstić information content (AvgIpc) is 2.76. The fraction of sp³-hybridized carbons (Fsp3) is 0.455. The van der Waals surface area contributed by atoms with Gasteiger partial charge in [-0.05, 0) is 42.0 Å². The number of hydrogen-bond acceptors (Lipinski definition) is 12. The molecule has 0 saturated carbocycles. The molecule has 0 radical (unpaired) electrons. The third kappa shape index (κ3) is 9.11. The summed E-state index contributed by atoms with van der Waals surface area (Å²) in [5.41, 5.74) is 8.41. The largest absolute Gasteiger partial charge is 0.463 e. The molecule has 0 spiro atoms. The predicted octanol–water partition coefficient (Wildman–Crippen LogP) is 0.316. The van der Waals surface area contributed by atoms with Gasteiger partial charge >= 0.3 is 23.9 Å². The van der Waals surface area contributed by atoms with E-state index in [0.29, 0.717) is 5.56 Å². The molecular formula is C22H27N3O10S. The lowest BCUT2D eigenvalue weighted by Crippen LogP contribution is -2.63. The SMILES string of the molecule is CC(=O)OC[C@H]1O[C@@H](Oc2ccc(/C=N\NC(N)=S)cc2)[C@H](OC(C)=O)[C@@H](OC(C)=O)[C@H]1OC(C)=O. The molecule has 13 nitrogen and oxygen atoms in total. The molecule has 0 aliphatic carbocycles. The molecular weight excluding hydrogens is 498 g/mol. The Balaban J connectivity index is 2.36. The molecule has 1 aliphatic heterocycles. The number of carbonyl (C=O) groups excluding carboxylic acids is 4. The summed E-state index contributed by atoms with van der Waals surface area (Å²) in [5.74, 6) is -2.53. The molecule has 0 aromatic heterocycles. The highest BCUT2D eigenvalue weighted by molar-refractivity contribution is 7.80. The Labute approximate surface area is 212 Å². The lowest BCUT2D eigenvalue weighted by atomic mass is 9.98. The third-order valence-corrected chi connectivity index (χ3v) is 4.56. The van der Waals surface area contributed by atoms with Gasteiger partial charge in [0.25, 0.3) is 0 Å². The first-order valence-electron chi connectivity index (χ1n) is 10.6. The molecule has 2 rings (SSSR count). The highest BCUT2D eigenvalue weighted by Gasteiger charge is 2.53. The van der Waals surface area contributed by atoms with Crippen molar-refractivity contribution in [2.45, 2.75) is 58.4 Å². The van der Waals surface area contributed by atoms with Crippen LogP contribution in [0.15, 0.2) is 29.4 Å². The minimum Gasteiger partial charge on any atom is -0.463 e. The van der Waals surface area contributed by atoms with E-state index in [4.69, 9.17) is 34.2 Å². The highest BCUT2D eigenvalue weighted by atomic mass is 32.1. The number of benzene rings is 1. The van der Waals surface area contributed by atoms with Crippen LogP contribution in [-0.4, -0.2) is 72.5 Å². The van der Waals surface area contributed by atoms with Gasteiger partial charge in [0.05, 0.1) is 6.21 Å². The van der Waals surface area contributed by atoms with Crippen molar-refractivity contribution in [1.82, 2.24) is 5.43 Å². The van der Waals surface area contributed by atoms with E-state index in [-0.39, 0.29) is 17.5 Å². The molecule has 5 atom stereocenters. The molecule has 1 saturated heterocycles. The molecule has 196 valence electrons. The topological polar surface area (TPSA) is 174 Å². The average molecular weight is 526 g/mol. The molecule has 1 aromatic carbocycles. The van der Waals surface area contributed by atoms with Crippen molar-refractivity contribution < 1.29 is 47.6 Å². The Bertz CT molecular complexity index is 1000. The van der Waals surface area contributed by atoms with E-state index in [1.54, 1.807) is 24.3 Å². The van der Waals surface area contributed by atoms with E-state index in [1.807, 2.05) is 0 Å². The van der Waals surface area contributed by atoms with E-state index in [2.05, 4.69) is 22.7 Å². The van der Waals surface area contributed by atoms with E-state index in [1.165, 1.54) is 13.1 Å². The second-order valence-electron chi connectivity index (χ2n) is 7.49. The van der Waals surface area contributed by atoms with Gasteiger partial charge in [-0.3, -0.25) is 24.6 Å². The van der Waals surface area contributed by atoms with Crippen LogP contribution < -0.4 is 15.9 Å². The summed E-state index contributed by atoms with van der Waals surface area (Å²) >= 11 is 4.67. The highest BCUT2D eigenvalue weighted by Crippen LogP contribution is 2.31. The number of nitrogens with zero attached hydrogens (tertiary/aromatic N) is 1. The monoisotopic (exact) mass is 525 g/mol. The maximum Gasteiger partial charge on any atom is 0.303 e. The number of nitrogens with two attached hydrogens (primary N) is 1. The first kappa shape index (κ1) is 28.5. The van der Waals surface area contributed by atoms with E-state index in [9.17, 15) is 19.2 Å². The lowest BCUT2D eigenvalue weighted by molar-refractivity contribution is -0.288. The van der Waals surface area contributed by atoms with E-state index in [0.717, 1.165) is 20.8 Å². The van der Waals surface area contributed by atoms with Gasteiger partial charge in [0.2, 0.25) is 12.4 Å². The van der Waals surface area contributed by atoms with Crippen LogP contribution in [0.5, 0.6) is 5.75 Å². The maximum absolute atomic E-state index is 11.9. The van der Waals surface area contributed by atoms with Gasteiger partial charge in [0.1, 0.15) is 18.5 Å². The molecule has 14 heteroatoms. The number of nitrogens with one attached hydrogen (secondary N) is 1. The van der Waals surface area contributed by atoms with Crippen LogP contribution in [-0.2, 0) is 42.9 Å². The van der Waals surface area contributed by atoms with Crippen LogP contribution in [0.1, 0.15) is 33.3 Å². The Morgan fingerprint density at radius 2 is 1.50 bits per heavy atom. The summed E-state index contributed by atoms with van der Waals surface area (Å²) in [6.45, 7) is 4.24. The van der Waals surface area contributed by atoms with Gasteiger partial charge < -0.3 is 34.2 Å². The first-order chi connectivity index (χ1) is 17.0. The Morgan fingerprint density at radius 1 is 0.944 bits per heavy atom. The normalized spacial score (nSPS) is 23.3. The smallest absolute Gasteiger partial charge is 0.303 e. The predicted molar refractivity (Wildman–Crippen MR) is 127 cm³/mol. The third-order valence-electron chi connectivity index (χ3n) is 4.47. The number of thiocarbonyl (C=S) groups is 1. The van der Waals surface area contributed by atoms with Crippen LogP contribution >= 0.6 is 12.2 Å². The summed E-state index contributed by atoms with van der Waals surface area (Å²) in [7, 11) is 0. The molecule has 3 N–H and O–H groups in total. The molecule has 1 aliphatic rings. The van der Waals surface area contributed by atoms with Crippen LogP contribution in [0.3, 0.4) is 0 Å². The zero-order valence-electron chi connectivity index (χ0n) is 20.0. The van der Waals surface area contributed by atoms with E-state index >= 15 is 0 Å².